The van der Waals surface area contributed by atoms with Crippen LogP contribution in [0.5, 0.6) is 0 Å². The minimum atomic E-state index is -0.644. The molecule has 1 fully saturated rings. The van der Waals surface area contributed by atoms with Gasteiger partial charge in [0.25, 0.3) is 0 Å². The molecule has 7 heteroatoms. The smallest absolute Gasteiger partial charge is 0.307 e. The SMILES string of the molecule is CCCCC[C@H](CC(=O)OC(C)(C)C)C(=O)N[C@H](C(=O)N1CCC[C@@H]1COCc1ccccc1)C(C)C. The summed E-state index contributed by atoms with van der Waals surface area (Å²) < 4.78 is 11.4. The summed E-state index contributed by atoms with van der Waals surface area (Å²) in [6.45, 7) is 13.1. The molecule has 1 N–H and O–H groups in total. The van der Waals surface area contributed by atoms with Crippen molar-refractivity contribution in [3.63, 3.8) is 0 Å². The number of carbonyl (C=O) groups excluding carboxylic acids is 3. The Morgan fingerprint density at radius 2 is 1.81 bits per heavy atom. The Bertz CT molecular complexity index is 849. The van der Waals surface area contributed by atoms with Gasteiger partial charge < -0.3 is 19.7 Å². The van der Waals surface area contributed by atoms with E-state index in [1.165, 1.54) is 0 Å². The number of amides is 2. The number of carbonyl (C=O) groups is 3. The molecule has 208 valence electrons. The third-order valence-corrected chi connectivity index (χ3v) is 6.67. The quantitative estimate of drug-likeness (QED) is 0.269. The molecule has 1 saturated heterocycles. The molecule has 1 heterocycles. The number of rotatable bonds is 14. The number of nitrogens with zero attached hydrogens (tertiary/aromatic N) is 1. The number of ether oxygens (including phenoxy) is 2. The second-order valence-corrected chi connectivity index (χ2v) is 11.5. The van der Waals surface area contributed by atoms with E-state index in [-0.39, 0.29) is 36.2 Å². The molecule has 1 aromatic carbocycles. The van der Waals surface area contributed by atoms with E-state index in [9.17, 15) is 14.4 Å². The van der Waals surface area contributed by atoms with Crippen LogP contribution in [0.2, 0.25) is 0 Å². The lowest BCUT2D eigenvalue weighted by Crippen LogP contribution is -2.54. The fraction of sp³-hybridized carbons (Fsp3) is 0.700. The summed E-state index contributed by atoms with van der Waals surface area (Å²) in [4.78, 5) is 41.4. The van der Waals surface area contributed by atoms with E-state index in [1.807, 2.05) is 69.9 Å². The van der Waals surface area contributed by atoms with Crippen molar-refractivity contribution in [3.05, 3.63) is 35.9 Å². The van der Waals surface area contributed by atoms with Gasteiger partial charge in [0, 0.05) is 12.5 Å². The van der Waals surface area contributed by atoms with Crippen LogP contribution in [0.1, 0.15) is 92.1 Å². The Morgan fingerprint density at radius 1 is 1.11 bits per heavy atom. The highest BCUT2D eigenvalue weighted by molar-refractivity contribution is 5.90. The molecule has 0 unspecified atom stereocenters. The Balaban J connectivity index is 2.02. The predicted octanol–water partition coefficient (Wildman–Crippen LogP) is 5.26. The number of hydrogen-bond donors (Lipinski definition) is 1. The minimum absolute atomic E-state index is 0.00326. The van der Waals surface area contributed by atoms with E-state index in [1.54, 1.807) is 0 Å². The Morgan fingerprint density at radius 3 is 2.43 bits per heavy atom. The molecule has 3 atom stereocenters. The summed E-state index contributed by atoms with van der Waals surface area (Å²) >= 11 is 0. The highest BCUT2D eigenvalue weighted by atomic mass is 16.6. The average molecular weight is 517 g/mol. The molecule has 0 bridgehead atoms. The standard InChI is InChI=1S/C30H48N2O5/c1-7-8-10-16-24(19-26(33)37-30(4,5)6)28(34)31-27(22(2)3)29(35)32-18-13-17-25(32)21-36-20-23-14-11-9-12-15-23/h9,11-12,14-15,22,24-25,27H,7-8,10,13,16-21H2,1-6H3,(H,31,34)/t24-,25-,27+/m1/s1. The Labute approximate surface area is 223 Å². The molecule has 0 radical (unpaired) electrons. The summed E-state index contributed by atoms with van der Waals surface area (Å²) in [5.41, 5.74) is 0.496. The van der Waals surface area contributed by atoms with E-state index in [2.05, 4.69) is 12.2 Å². The van der Waals surface area contributed by atoms with Gasteiger partial charge in [-0.2, -0.15) is 0 Å². The van der Waals surface area contributed by atoms with Crippen LogP contribution in [0.3, 0.4) is 0 Å². The van der Waals surface area contributed by atoms with Crippen LogP contribution in [-0.4, -0.2) is 53.5 Å². The first kappa shape index (κ1) is 30.8. The first-order chi connectivity index (χ1) is 17.5. The zero-order valence-corrected chi connectivity index (χ0v) is 23.8. The maximum atomic E-state index is 13.6. The van der Waals surface area contributed by atoms with Gasteiger partial charge in [-0.15, -0.1) is 0 Å². The monoisotopic (exact) mass is 516 g/mol. The number of esters is 1. The molecule has 2 amide bonds. The molecule has 1 aromatic rings. The summed E-state index contributed by atoms with van der Waals surface area (Å²) in [7, 11) is 0. The normalized spacial score (nSPS) is 17.5. The fourth-order valence-corrected chi connectivity index (χ4v) is 4.70. The minimum Gasteiger partial charge on any atom is -0.460 e. The Hall–Kier alpha value is -2.41. The molecular formula is C30H48N2O5. The maximum Gasteiger partial charge on any atom is 0.307 e. The van der Waals surface area contributed by atoms with Gasteiger partial charge in [0.15, 0.2) is 0 Å². The average Bonchev–Trinajstić information content (AvgIpc) is 3.29. The third-order valence-electron chi connectivity index (χ3n) is 6.67. The van der Waals surface area contributed by atoms with E-state index >= 15 is 0 Å². The lowest BCUT2D eigenvalue weighted by Gasteiger charge is -2.32. The van der Waals surface area contributed by atoms with Crippen LogP contribution < -0.4 is 5.32 Å². The molecule has 7 nitrogen and oxygen atoms in total. The lowest BCUT2D eigenvalue weighted by molar-refractivity contribution is -0.157. The number of likely N-dealkylation sites (tertiary alicyclic amines) is 1. The van der Waals surface area contributed by atoms with Crippen molar-refractivity contribution in [3.8, 4) is 0 Å². The molecule has 0 saturated carbocycles. The molecule has 0 spiro atoms. The van der Waals surface area contributed by atoms with Crippen LogP contribution in [-0.2, 0) is 30.5 Å². The Kier molecular flexibility index (Phi) is 12.6. The van der Waals surface area contributed by atoms with Crippen molar-refractivity contribution < 1.29 is 23.9 Å². The molecule has 37 heavy (non-hydrogen) atoms. The van der Waals surface area contributed by atoms with Crippen LogP contribution in [0.15, 0.2) is 30.3 Å². The summed E-state index contributed by atoms with van der Waals surface area (Å²) in [6, 6.07) is 9.34. The van der Waals surface area contributed by atoms with Crippen LogP contribution in [0, 0.1) is 11.8 Å². The van der Waals surface area contributed by atoms with E-state index in [0.29, 0.717) is 26.2 Å². The summed E-state index contributed by atoms with van der Waals surface area (Å²) in [6.07, 6.45) is 5.28. The fourth-order valence-electron chi connectivity index (χ4n) is 4.70. The number of benzene rings is 1. The van der Waals surface area contributed by atoms with Crippen molar-refractivity contribution in [2.45, 2.75) is 111 Å². The zero-order chi connectivity index (χ0) is 27.4. The van der Waals surface area contributed by atoms with Gasteiger partial charge in [0.05, 0.1) is 25.7 Å². The highest BCUT2D eigenvalue weighted by Crippen LogP contribution is 2.23. The molecule has 1 aliphatic heterocycles. The number of unbranched alkanes of at least 4 members (excludes halogenated alkanes) is 2. The van der Waals surface area contributed by atoms with Crippen molar-refractivity contribution in [2.24, 2.45) is 11.8 Å². The second-order valence-electron chi connectivity index (χ2n) is 11.5. The van der Waals surface area contributed by atoms with E-state index < -0.39 is 17.6 Å². The van der Waals surface area contributed by atoms with E-state index in [0.717, 1.165) is 37.7 Å². The van der Waals surface area contributed by atoms with Gasteiger partial charge in [-0.05, 0) is 51.5 Å². The van der Waals surface area contributed by atoms with Crippen molar-refractivity contribution in [1.82, 2.24) is 10.2 Å². The molecule has 1 aliphatic rings. The van der Waals surface area contributed by atoms with Gasteiger partial charge in [0.2, 0.25) is 11.8 Å². The van der Waals surface area contributed by atoms with Gasteiger partial charge >= 0.3 is 5.97 Å². The predicted molar refractivity (Wildman–Crippen MR) is 146 cm³/mol. The van der Waals surface area contributed by atoms with Crippen LogP contribution >= 0.6 is 0 Å². The van der Waals surface area contributed by atoms with Gasteiger partial charge in [0.1, 0.15) is 11.6 Å². The number of nitrogens with one attached hydrogen (secondary N) is 1. The first-order valence-electron chi connectivity index (χ1n) is 14.0. The van der Waals surface area contributed by atoms with E-state index in [4.69, 9.17) is 9.47 Å². The first-order valence-corrected chi connectivity index (χ1v) is 14.0. The molecule has 0 aliphatic carbocycles. The topological polar surface area (TPSA) is 84.9 Å². The van der Waals surface area contributed by atoms with Crippen LogP contribution in [0.4, 0.5) is 0 Å². The van der Waals surface area contributed by atoms with Gasteiger partial charge in [-0.25, -0.2) is 0 Å². The molecule has 0 aromatic heterocycles. The van der Waals surface area contributed by atoms with Crippen LogP contribution in [0.25, 0.3) is 0 Å². The lowest BCUT2D eigenvalue weighted by atomic mass is 9.94. The van der Waals surface area contributed by atoms with Crippen molar-refractivity contribution in [1.29, 1.82) is 0 Å². The van der Waals surface area contributed by atoms with Gasteiger partial charge in [-0.1, -0.05) is 70.4 Å². The summed E-state index contributed by atoms with van der Waals surface area (Å²) in [5.74, 6) is -1.30. The molecule has 2 rings (SSSR count). The number of hydrogen-bond acceptors (Lipinski definition) is 5. The zero-order valence-electron chi connectivity index (χ0n) is 23.8. The maximum absolute atomic E-state index is 13.6. The summed E-state index contributed by atoms with van der Waals surface area (Å²) in [5, 5.41) is 3.01. The van der Waals surface area contributed by atoms with Crippen molar-refractivity contribution in [2.75, 3.05) is 13.2 Å². The third kappa shape index (κ3) is 10.8. The second kappa shape index (κ2) is 15.1. The molecular weight excluding hydrogens is 468 g/mol. The van der Waals surface area contributed by atoms with Gasteiger partial charge in [-0.3, -0.25) is 14.4 Å². The highest BCUT2D eigenvalue weighted by Gasteiger charge is 2.36. The largest absolute Gasteiger partial charge is 0.460 e. The van der Waals surface area contributed by atoms with Crippen molar-refractivity contribution >= 4 is 17.8 Å².